The van der Waals surface area contributed by atoms with Gasteiger partial charge in [-0.15, -0.1) is 0 Å². The van der Waals surface area contributed by atoms with Gasteiger partial charge in [0, 0.05) is 51.0 Å². The van der Waals surface area contributed by atoms with Crippen LogP contribution in [0.2, 0.25) is 0 Å². The molecule has 2 heterocycles. The van der Waals surface area contributed by atoms with Crippen molar-refractivity contribution in [2.75, 3.05) is 63.8 Å². The quantitative estimate of drug-likeness (QED) is 0.555. The van der Waals surface area contributed by atoms with Gasteiger partial charge in [-0.3, -0.25) is 14.8 Å². The van der Waals surface area contributed by atoms with Crippen molar-refractivity contribution in [2.24, 2.45) is 10.7 Å². The number of anilines is 1. The molecular formula is C20H33FN6. The monoisotopic (exact) mass is 376 g/mol. The number of nitrogens with zero attached hydrogens (tertiary/aromatic N) is 4. The molecule has 0 aromatic heterocycles. The van der Waals surface area contributed by atoms with Gasteiger partial charge in [0.25, 0.3) is 0 Å². The summed E-state index contributed by atoms with van der Waals surface area (Å²) in [6, 6.07) is 7.31. The van der Waals surface area contributed by atoms with Crippen molar-refractivity contribution in [1.82, 2.24) is 15.1 Å². The molecule has 0 amide bonds. The van der Waals surface area contributed by atoms with Crippen molar-refractivity contribution < 1.29 is 4.39 Å². The molecule has 1 aromatic rings. The van der Waals surface area contributed by atoms with E-state index in [0.717, 1.165) is 58.0 Å². The van der Waals surface area contributed by atoms with Crippen LogP contribution in [-0.4, -0.2) is 80.7 Å². The van der Waals surface area contributed by atoms with Crippen molar-refractivity contribution >= 4 is 11.6 Å². The topological polar surface area (TPSA) is 60.1 Å². The molecule has 1 atom stereocenters. The first-order chi connectivity index (χ1) is 13.2. The Balaban J connectivity index is 1.33. The third kappa shape index (κ3) is 5.81. The highest BCUT2D eigenvalue weighted by Crippen LogP contribution is 2.17. The average molecular weight is 377 g/mol. The van der Waals surface area contributed by atoms with Gasteiger partial charge < -0.3 is 16.0 Å². The minimum absolute atomic E-state index is 0.182. The first kappa shape index (κ1) is 19.9. The summed E-state index contributed by atoms with van der Waals surface area (Å²) in [7, 11) is 0. The van der Waals surface area contributed by atoms with Crippen molar-refractivity contribution in [3.8, 4) is 0 Å². The molecule has 2 saturated heterocycles. The van der Waals surface area contributed by atoms with Crippen LogP contribution in [0.4, 0.5) is 10.1 Å². The Morgan fingerprint density at radius 3 is 2.63 bits per heavy atom. The molecule has 0 bridgehead atoms. The maximum absolute atomic E-state index is 13.0. The number of rotatable bonds is 7. The fourth-order valence-electron chi connectivity index (χ4n) is 4.00. The first-order valence-electron chi connectivity index (χ1n) is 10.2. The van der Waals surface area contributed by atoms with Gasteiger partial charge in [-0.25, -0.2) is 4.39 Å². The van der Waals surface area contributed by atoms with Crippen LogP contribution in [0.15, 0.2) is 29.3 Å². The van der Waals surface area contributed by atoms with Gasteiger partial charge in [0.1, 0.15) is 5.82 Å². The number of likely N-dealkylation sites (N-methyl/N-ethyl adjacent to an activating group) is 1. The number of hydrogen-bond acceptors (Lipinski definition) is 4. The van der Waals surface area contributed by atoms with Gasteiger partial charge in [-0.1, -0.05) is 6.92 Å². The zero-order chi connectivity index (χ0) is 19.1. The van der Waals surface area contributed by atoms with E-state index in [1.807, 2.05) is 12.1 Å². The second-order valence-electron chi connectivity index (χ2n) is 7.38. The van der Waals surface area contributed by atoms with Gasteiger partial charge in [-0.05, 0) is 50.2 Å². The standard InChI is InChI=1S/C20H33FN6/c1-2-26-10-3-4-19(26)16-24-20(22)23-9-11-25-12-14-27(15-13-25)18-7-5-17(21)6-8-18/h5-8,19H,2-4,9-16H2,1H3,(H3,22,23,24). The molecule has 150 valence electrons. The summed E-state index contributed by atoms with van der Waals surface area (Å²) in [5, 5.41) is 3.25. The maximum atomic E-state index is 13.0. The molecule has 0 saturated carbocycles. The Kier molecular flexibility index (Phi) is 7.29. The third-order valence-electron chi connectivity index (χ3n) is 5.68. The molecular weight excluding hydrogens is 343 g/mol. The van der Waals surface area contributed by atoms with E-state index in [-0.39, 0.29) is 5.82 Å². The van der Waals surface area contributed by atoms with E-state index in [0.29, 0.717) is 12.0 Å². The predicted molar refractivity (Wildman–Crippen MR) is 110 cm³/mol. The molecule has 6 nitrogen and oxygen atoms in total. The highest BCUT2D eigenvalue weighted by molar-refractivity contribution is 5.77. The van der Waals surface area contributed by atoms with Crippen LogP contribution < -0.4 is 16.0 Å². The summed E-state index contributed by atoms with van der Waals surface area (Å²) >= 11 is 0. The van der Waals surface area contributed by atoms with Gasteiger partial charge in [-0.2, -0.15) is 0 Å². The Bertz CT molecular complexity index is 597. The van der Waals surface area contributed by atoms with Crippen LogP contribution in [0.1, 0.15) is 19.8 Å². The van der Waals surface area contributed by atoms with E-state index in [1.54, 1.807) is 0 Å². The van der Waals surface area contributed by atoms with E-state index in [2.05, 4.69) is 31.9 Å². The van der Waals surface area contributed by atoms with E-state index in [4.69, 9.17) is 5.73 Å². The number of piperazine rings is 1. The van der Waals surface area contributed by atoms with Crippen molar-refractivity contribution in [2.45, 2.75) is 25.8 Å². The number of guanidine groups is 1. The van der Waals surface area contributed by atoms with E-state index < -0.39 is 0 Å². The summed E-state index contributed by atoms with van der Waals surface area (Å²) in [6.45, 7) is 11.0. The second-order valence-corrected chi connectivity index (χ2v) is 7.38. The van der Waals surface area contributed by atoms with E-state index >= 15 is 0 Å². The van der Waals surface area contributed by atoms with Gasteiger partial charge >= 0.3 is 0 Å². The largest absolute Gasteiger partial charge is 0.370 e. The van der Waals surface area contributed by atoms with Gasteiger partial charge in [0.2, 0.25) is 0 Å². The fraction of sp³-hybridized carbons (Fsp3) is 0.650. The van der Waals surface area contributed by atoms with Crippen LogP contribution in [0.5, 0.6) is 0 Å². The highest BCUT2D eigenvalue weighted by atomic mass is 19.1. The number of aliphatic imine (C=N–C) groups is 1. The summed E-state index contributed by atoms with van der Waals surface area (Å²) in [6.07, 6.45) is 2.49. The molecule has 1 unspecified atom stereocenters. The Labute approximate surface area is 162 Å². The zero-order valence-corrected chi connectivity index (χ0v) is 16.4. The number of nitrogens with one attached hydrogen (secondary N) is 1. The van der Waals surface area contributed by atoms with Crippen molar-refractivity contribution in [1.29, 1.82) is 0 Å². The minimum Gasteiger partial charge on any atom is -0.370 e. The van der Waals surface area contributed by atoms with E-state index in [9.17, 15) is 4.39 Å². The summed E-state index contributed by atoms with van der Waals surface area (Å²) in [5.41, 5.74) is 7.12. The first-order valence-corrected chi connectivity index (χ1v) is 10.2. The fourth-order valence-corrected chi connectivity index (χ4v) is 4.00. The SMILES string of the molecule is CCN1CCCC1CN=C(N)NCCN1CCN(c2ccc(F)cc2)CC1. The Hall–Kier alpha value is -1.86. The number of halogens is 1. The summed E-state index contributed by atoms with van der Waals surface area (Å²) in [4.78, 5) is 11.7. The van der Waals surface area contributed by atoms with Gasteiger partial charge in [0.15, 0.2) is 5.96 Å². The smallest absolute Gasteiger partial charge is 0.188 e. The van der Waals surface area contributed by atoms with E-state index in [1.165, 1.54) is 31.5 Å². The number of likely N-dealkylation sites (tertiary alicyclic amines) is 1. The lowest BCUT2D eigenvalue weighted by molar-refractivity contribution is 0.261. The minimum atomic E-state index is -0.182. The molecule has 0 aliphatic carbocycles. The van der Waals surface area contributed by atoms with Crippen molar-refractivity contribution in [3.63, 3.8) is 0 Å². The molecule has 2 aliphatic heterocycles. The number of hydrogen-bond donors (Lipinski definition) is 2. The average Bonchev–Trinajstić information content (AvgIpc) is 3.15. The predicted octanol–water partition coefficient (Wildman–Crippen LogP) is 1.34. The molecule has 2 fully saturated rings. The zero-order valence-electron chi connectivity index (χ0n) is 16.4. The van der Waals surface area contributed by atoms with Crippen LogP contribution in [0, 0.1) is 5.82 Å². The lowest BCUT2D eigenvalue weighted by Crippen LogP contribution is -2.49. The van der Waals surface area contributed by atoms with Crippen LogP contribution in [0.3, 0.4) is 0 Å². The normalized spacial score (nSPS) is 22.4. The second kappa shape index (κ2) is 9.90. The molecule has 7 heteroatoms. The third-order valence-corrected chi connectivity index (χ3v) is 5.68. The summed E-state index contributed by atoms with van der Waals surface area (Å²) in [5.74, 6) is 0.376. The Morgan fingerprint density at radius 2 is 1.93 bits per heavy atom. The lowest BCUT2D eigenvalue weighted by Gasteiger charge is -2.36. The van der Waals surface area contributed by atoms with Crippen molar-refractivity contribution in [3.05, 3.63) is 30.1 Å². The maximum Gasteiger partial charge on any atom is 0.188 e. The van der Waals surface area contributed by atoms with Crippen LogP contribution in [-0.2, 0) is 0 Å². The molecule has 1 aromatic carbocycles. The lowest BCUT2D eigenvalue weighted by atomic mass is 10.2. The highest BCUT2D eigenvalue weighted by Gasteiger charge is 2.22. The van der Waals surface area contributed by atoms with Crippen LogP contribution >= 0.6 is 0 Å². The number of benzene rings is 1. The molecule has 3 N–H and O–H groups in total. The van der Waals surface area contributed by atoms with Gasteiger partial charge in [0.05, 0.1) is 6.54 Å². The molecule has 0 spiro atoms. The molecule has 3 rings (SSSR count). The molecule has 27 heavy (non-hydrogen) atoms. The molecule has 2 aliphatic rings. The van der Waals surface area contributed by atoms with Crippen LogP contribution in [0.25, 0.3) is 0 Å². The number of nitrogens with two attached hydrogens (primary N) is 1. The molecule has 0 radical (unpaired) electrons. The summed E-state index contributed by atoms with van der Waals surface area (Å²) < 4.78 is 13.0. The Morgan fingerprint density at radius 1 is 1.19 bits per heavy atom.